The first-order valence-corrected chi connectivity index (χ1v) is 9.03. The highest BCUT2D eigenvalue weighted by Crippen LogP contribution is 2.33. The molecule has 0 unspecified atom stereocenters. The van der Waals surface area contributed by atoms with Gasteiger partial charge in [-0.15, -0.1) is 0 Å². The molecule has 3 rings (SSSR count). The lowest BCUT2D eigenvalue weighted by Crippen LogP contribution is -2.40. The molecule has 2 heterocycles. The summed E-state index contributed by atoms with van der Waals surface area (Å²) in [5, 5.41) is 0. The van der Waals surface area contributed by atoms with Crippen molar-refractivity contribution in [2.24, 2.45) is 5.92 Å². The van der Waals surface area contributed by atoms with Crippen LogP contribution >= 0.6 is 0 Å². The van der Waals surface area contributed by atoms with Crippen molar-refractivity contribution >= 4 is 11.9 Å². The van der Waals surface area contributed by atoms with Crippen molar-refractivity contribution in [2.75, 3.05) is 19.7 Å². The van der Waals surface area contributed by atoms with Crippen molar-refractivity contribution in [1.82, 2.24) is 4.90 Å². The molecule has 8 heteroatoms. The molecule has 5 nitrogen and oxygen atoms in total. The van der Waals surface area contributed by atoms with Gasteiger partial charge in [0.25, 0.3) is 5.91 Å². The molecule has 0 radical (unpaired) electrons. The molecule has 0 atom stereocenters. The van der Waals surface area contributed by atoms with Gasteiger partial charge in [-0.3, -0.25) is 9.59 Å². The maximum atomic E-state index is 12.9. The lowest BCUT2D eigenvalue weighted by atomic mass is 9.97. The van der Waals surface area contributed by atoms with Crippen LogP contribution in [0.2, 0.25) is 0 Å². The maximum Gasteiger partial charge on any atom is 0.416 e. The number of hydrogen-bond acceptors (Lipinski definition) is 4. The Bertz CT molecular complexity index is 851. The van der Waals surface area contributed by atoms with E-state index in [1.54, 1.807) is 11.8 Å². The SMILES string of the molecule is CCOC(=O)C1CCN(C(=O)c2ccc(-c3cccc(C(F)(F)F)c3)o2)CC1. The number of hydrogen-bond donors (Lipinski definition) is 0. The number of nitrogens with zero attached hydrogens (tertiary/aromatic N) is 1. The molecule has 1 aromatic heterocycles. The lowest BCUT2D eigenvalue weighted by molar-refractivity contribution is -0.149. The van der Waals surface area contributed by atoms with Crippen molar-refractivity contribution in [3.05, 3.63) is 47.7 Å². The Kier molecular flexibility index (Phi) is 5.76. The minimum absolute atomic E-state index is 0.0574. The van der Waals surface area contributed by atoms with Crippen LogP contribution in [0.25, 0.3) is 11.3 Å². The number of esters is 1. The number of piperidine rings is 1. The Balaban J connectivity index is 1.68. The molecule has 0 bridgehead atoms. The number of alkyl halides is 3. The Morgan fingerprint density at radius 3 is 2.54 bits per heavy atom. The van der Waals surface area contributed by atoms with Gasteiger partial charge in [-0.2, -0.15) is 13.2 Å². The van der Waals surface area contributed by atoms with Crippen LogP contribution in [0.1, 0.15) is 35.9 Å². The number of carbonyl (C=O) groups is 2. The van der Waals surface area contributed by atoms with Gasteiger partial charge in [0.1, 0.15) is 5.76 Å². The smallest absolute Gasteiger partial charge is 0.416 e. The van der Waals surface area contributed by atoms with Crippen LogP contribution in [0.3, 0.4) is 0 Å². The second kappa shape index (κ2) is 8.08. The number of halogens is 3. The first-order chi connectivity index (χ1) is 13.3. The van der Waals surface area contributed by atoms with Gasteiger partial charge in [-0.05, 0) is 44.0 Å². The highest BCUT2D eigenvalue weighted by atomic mass is 19.4. The fourth-order valence-electron chi connectivity index (χ4n) is 3.19. The van der Waals surface area contributed by atoms with Gasteiger partial charge in [0.05, 0.1) is 18.1 Å². The Labute approximate surface area is 160 Å². The molecule has 0 spiro atoms. The standard InChI is InChI=1S/C20H20F3NO4/c1-2-27-19(26)13-8-10-24(11-9-13)18(25)17-7-6-16(28-17)14-4-3-5-15(12-14)20(21,22)23/h3-7,12-13H,2,8-11H2,1H3. The summed E-state index contributed by atoms with van der Waals surface area (Å²) in [6, 6.07) is 7.68. The molecule has 1 aliphatic rings. The average molecular weight is 395 g/mol. The van der Waals surface area contributed by atoms with E-state index in [1.807, 2.05) is 0 Å². The van der Waals surface area contributed by atoms with E-state index < -0.39 is 11.7 Å². The third-order valence-electron chi connectivity index (χ3n) is 4.69. The van der Waals surface area contributed by atoms with Crippen molar-refractivity contribution < 1.29 is 31.9 Å². The molecule has 2 aromatic rings. The first kappa shape index (κ1) is 20.0. The highest BCUT2D eigenvalue weighted by Gasteiger charge is 2.31. The minimum atomic E-state index is -4.45. The summed E-state index contributed by atoms with van der Waals surface area (Å²) < 4.78 is 49.1. The Hall–Kier alpha value is -2.77. The van der Waals surface area contributed by atoms with E-state index in [1.165, 1.54) is 24.3 Å². The number of ether oxygens (including phenoxy) is 1. The summed E-state index contributed by atoms with van der Waals surface area (Å²) in [6.45, 7) is 2.85. The van der Waals surface area contributed by atoms with E-state index in [9.17, 15) is 22.8 Å². The number of carbonyl (C=O) groups excluding carboxylic acids is 2. The van der Waals surface area contributed by atoms with Crippen molar-refractivity contribution in [3.8, 4) is 11.3 Å². The average Bonchev–Trinajstić information content (AvgIpc) is 3.17. The summed E-state index contributed by atoms with van der Waals surface area (Å²) >= 11 is 0. The minimum Gasteiger partial charge on any atom is -0.466 e. The van der Waals surface area contributed by atoms with Crippen LogP contribution in [0, 0.1) is 5.92 Å². The molecular formula is C20H20F3NO4. The third-order valence-corrected chi connectivity index (χ3v) is 4.69. The van der Waals surface area contributed by atoms with Crippen LogP contribution in [0.4, 0.5) is 13.2 Å². The largest absolute Gasteiger partial charge is 0.466 e. The summed E-state index contributed by atoms with van der Waals surface area (Å²) in [5.41, 5.74) is -0.537. The van der Waals surface area contributed by atoms with E-state index >= 15 is 0 Å². The zero-order chi connectivity index (χ0) is 20.3. The number of rotatable bonds is 4. The molecule has 28 heavy (non-hydrogen) atoms. The number of benzene rings is 1. The van der Waals surface area contributed by atoms with E-state index in [4.69, 9.17) is 9.15 Å². The second-order valence-corrected chi connectivity index (χ2v) is 6.56. The van der Waals surface area contributed by atoms with Crippen LogP contribution in [-0.2, 0) is 15.7 Å². The summed E-state index contributed by atoms with van der Waals surface area (Å²) in [5.74, 6) is -0.570. The van der Waals surface area contributed by atoms with E-state index in [0.29, 0.717) is 32.5 Å². The zero-order valence-corrected chi connectivity index (χ0v) is 15.3. The van der Waals surface area contributed by atoms with Gasteiger partial charge in [0, 0.05) is 18.7 Å². The van der Waals surface area contributed by atoms with E-state index in [2.05, 4.69) is 0 Å². The molecule has 1 amide bonds. The molecule has 0 saturated carbocycles. The van der Waals surface area contributed by atoms with Crippen molar-refractivity contribution in [1.29, 1.82) is 0 Å². The first-order valence-electron chi connectivity index (χ1n) is 9.03. The number of amides is 1. The summed E-state index contributed by atoms with van der Waals surface area (Å²) in [7, 11) is 0. The number of furan rings is 1. The van der Waals surface area contributed by atoms with Gasteiger partial charge in [-0.1, -0.05) is 12.1 Å². The quantitative estimate of drug-likeness (QED) is 0.721. The van der Waals surface area contributed by atoms with Gasteiger partial charge in [-0.25, -0.2) is 0 Å². The predicted molar refractivity (Wildman–Crippen MR) is 94.4 cm³/mol. The van der Waals surface area contributed by atoms with Gasteiger partial charge in [0.2, 0.25) is 0 Å². The molecule has 1 fully saturated rings. The van der Waals surface area contributed by atoms with E-state index in [0.717, 1.165) is 12.1 Å². The molecular weight excluding hydrogens is 375 g/mol. The molecule has 0 N–H and O–H groups in total. The molecule has 0 aliphatic carbocycles. The monoisotopic (exact) mass is 395 g/mol. The Morgan fingerprint density at radius 2 is 1.89 bits per heavy atom. The lowest BCUT2D eigenvalue weighted by Gasteiger charge is -2.30. The van der Waals surface area contributed by atoms with Crippen molar-refractivity contribution in [2.45, 2.75) is 25.9 Å². The summed E-state index contributed by atoms with van der Waals surface area (Å²) in [4.78, 5) is 26.0. The van der Waals surface area contributed by atoms with Gasteiger partial charge < -0.3 is 14.1 Å². The van der Waals surface area contributed by atoms with Gasteiger partial charge >= 0.3 is 12.1 Å². The second-order valence-electron chi connectivity index (χ2n) is 6.56. The third kappa shape index (κ3) is 4.37. The topological polar surface area (TPSA) is 59.8 Å². The fourth-order valence-corrected chi connectivity index (χ4v) is 3.19. The van der Waals surface area contributed by atoms with Crippen LogP contribution < -0.4 is 0 Å². The molecule has 150 valence electrons. The van der Waals surface area contributed by atoms with Crippen molar-refractivity contribution in [3.63, 3.8) is 0 Å². The zero-order valence-electron chi connectivity index (χ0n) is 15.3. The molecule has 1 aliphatic heterocycles. The maximum absolute atomic E-state index is 12.9. The van der Waals surface area contributed by atoms with E-state index in [-0.39, 0.29) is 34.9 Å². The van der Waals surface area contributed by atoms with Crippen LogP contribution in [0.15, 0.2) is 40.8 Å². The predicted octanol–water partition coefficient (Wildman–Crippen LogP) is 4.38. The fraction of sp³-hybridized carbons (Fsp3) is 0.400. The number of likely N-dealkylation sites (tertiary alicyclic amines) is 1. The Morgan fingerprint density at radius 1 is 1.18 bits per heavy atom. The molecule has 1 aromatic carbocycles. The van der Waals surface area contributed by atoms with Crippen LogP contribution in [-0.4, -0.2) is 36.5 Å². The highest BCUT2D eigenvalue weighted by molar-refractivity contribution is 5.92. The van der Waals surface area contributed by atoms with Gasteiger partial charge in [0.15, 0.2) is 5.76 Å². The van der Waals surface area contributed by atoms with Crippen LogP contribution in [0.5, 0.6) is 0 Å². The summed E-state index contributed by atoms with van der Waals surface area (Å²) in [6.07, 6.45) is -3.44. The normalized spacial score (nSPS) is 15.5. The molecule has 1 saturated heterocycles.